The number of aryl methyl sites for hydroxylation is 1. The number of fused-ring (bicyclic) bond motifs is 1. The summed E-state index contributed by atoms with van der Waals surface area (Å²) < 4.78 is 1.77. The van der Waals surface area contributed by atoms with E-state index in [1.807, 2.05) is 0 Å². The van der Waals surface area contributed by atoms with Gasteiger partial charge in [0, 0.05) is 18.7 Å². The Morgan fingerprint density at radius 3 is 3.07 bits per heavy atom. The molecule has 0 radical (unpaired) electrons. The van der Waals surface area contributed by atoms with Crippen molar-refractivity contribution in [2.75, 3.05) is 0 Å². The Morgan fingerprint density at radius 2 is 2.33 bits per heavy atom. The van der Waals surface area contributed by atoms with Crippen molar-refractivity contribution >= 4 is 11.5 Å². The van der Waals surface area contributed by atoms with E-state index in [1.165, 1.54) is 0 Å². The molecule has 2 heterocycles. The summed E-state index contributed by atoms with van der Waals surface area (Å²) >= 11 is 0. The molecule has 0 aliphatic heterocycles. The first-order chi connectivity index (χ1) is 7.16. The third-order valence-electron chi connectivity index (χ3n) is 2.15. The molecular formula is C10H10N2O3. The van der Waals surface area contributed by atoms with Crippen LogP contribution in [-0.4, -0.2) is 25.6 Å². The van der Waals surface area contributed by atoms with Crippen LogP contribution in [0.25, 0.3) is 5.52 Å². The SMILES string of the molecule is O=C(O)CCc1ncc2cc(O)ccn12. The van der Waals surface area contributed by atoms with Gasteiger partial charge < -0.3 is 14.6 Å². The molecule has 0 spiro atoms. The molecular weight excluding hydrogens is 196 g/mol. The Morgan fingerprint density at radius 1 is 1.53 bits per heavy atom. The van der Waals surface area contributed by atoms with Gasteiger partial charge in [0.2, 0.25) is 0 Å². The first kappa shape index (κ1) is 9.51. The highest BCUT2D eigenvalue weighted by atomic mass is 16.4. The lowest BCUT2D eigenvalue weighted by Gasteiger charge is -1.99. The number of hydrogen-bond acceptors (Lipinski definition) is 3. The summed E-state index contributed by atoms with van der Waals surface area (Å²) in [7, 11) is 0. The topological polar surface area (TPSA) is 74.8 Å². The highest BCUT2D eigenvalue weighted by molar-refractivity contribution is 5.67. The number of carboxylic acid groups (broad SMARTS) is 1. The second-order valence-corrected chi connectivity index (χ2v) is 3.25. The van der Waals surface area contributed by atoms with E-state index in [1.54, 1.807) is 28.9 Å². The monoisotopic (exact) mass is 206 g/mol. The first-order valence-corrected chi connectivity index (χ1v) is 4.53. The molecule has 78 valence electrons. The Kier molecular flexibility index (Phi) is 2.29. The summed E-state index contributed by atoms with van der Waals surface area (Å²) in [6.45, 7) is 0. The lowest BCUT2D eigenvalue weighted by molar-refractivity contribution is -0.137. The number of carboxylic acids is 1. The third-order valence-corrected chi connectivity index (χ3v) is 2.15. The van der Waals surface area contributed by atoms with Gasteiger partial charge in [-0.3, -0.25) is 4.79 Å². The van der Waals surface area contributed by atoms with E-state index in [4.69, 9.17) is 5.11 Å². The Labute approximate surface area is 85.6 Å². The highest BCUT2D eigenvalue weighted by Gasteiger charge is 2.06. The molecule has 0 bridgehead atoms. The minimum absolute atomic E-state index is 0.0555. The quantitative estimate of drug-likeness (QED) is 0.787. The van der Waals surface area contributed by atoms with Crippen LogP contribution in [0.3, 0.4) is 0 Å². The largest absolute Gasteiger partial charge is 0.508 e. The van der Waals surface area contributed by atoms with Gasteiger partial charge in [0.15, 0.2) is 0 Å². The van der Waals surface area contributed by atoms with Crippen molar-refractivity contribution in [3.8, 4) is 5.75 Å². The Bertz CT molecular complexity index is 504. The first-order valence-electron chi connectivity index (χ1n) is 4.53. The molecule has 0 atom stereocenters. The van der Waals surface area contributed by atoms with Crippen LogP contribution >= 0.6 is 0 Å². The Hall–Kier alpha value is -2.04. The Balaban J connectivity index is 2.32. The van der Waals surface area contributed by atoms with Gasteiger partial charge in [0.1, 0.15) is 11.6 Å². The highest BCUT2D eigenvalue weighted by Crippen LogP contribution is 2.14. The molecule has 2 rings (SSSR count). The normalized spacial score (nSPS) is 10.7. The molecule has 2 aromatic rings. The van der Waals surface area contributed by atoms with E-state index in [0.29, 0.717) is 12.2 Å². The molecule has 2 N–H and O–H groups in total. The maximum atomic E-state index is 10.4. The predicted molar refractivity (Wildman–Crippen MR) is 52.8 cm³/mol. The average Bonchev–Trinajstić information content (AvgIpc) is 2.57. The molecule has 0 aromatic carbocycles. The molecule has 0 amide bonds. The van der Waals surface area contributed by atoms with E-state index in [9.17, 15) is 9.90 Å². The predicted octanol–water partition coefficient (Wildman–Crippen LogP) is 1.06. The van der Waals surface area contributed by atoms with Gasteiger partial charge in [-0.2, -0.15) is 0 Å². The number of pyridine rings is 1. The molecule has 0 fully saturated rings. The summed E-state index contributed by atoms with van der Waals surface area (Å²) in [6, 6.07) is 3.12. The molecule has 15 heavy (non-hydrogen) atoms. The van der Waals surface area contributed by atoms with Gasteiger partial charge in [-0.05, 0) is 6.07 Å². The number of aromatic nitrogens is 2. The number of nitrogens with zero attached hydrogens (tertiary/aromatic N) is 2. The smallest absolute Gasteiger partial charge is 0.303 e. The minimum Gasteiger partial charge on any atom is -0.508 e. The second kappa shape index (κ2) is 3.61. The van der Waals surface area contributed by atoms with Crippen LogP contribution < -0.4 is 0 Å². The van der Waals surface area contributed by atoms with Crippen molar-refractivity contribution in [3.05, 3.63) is 30.4 Å². The summed E-state index contributed by atoms with van der Waals surface area (Å²) in [6.07, 6.45) is 3.72. The summed E-state index contributed by atoms with van der Waals surface area (Å²) in [5.41, 5.74) is 0.760. The molecule has 0 aliphatic rings. The van der Waals surface area contributed by atoms with Crippen molar-refractivity contribution in [3.63, 3.8) is 0 Å². The van der Waals surface area contributed by atoms with Crippen molar-refractivity contribution in [2.45, 2.75) is 12.8 Å². The molecule has 0 unspecified atom stereocenters. The number of aromatic hydroxyl groups is 1. The van der Waals surface area contributed by atoms with Gasteiger partial charge in [0.25, 0.3) is 0 Å². The minimum atomic E-state index is -0.842. The van der Waals surface area contributed by atoms with Crippen molar-refractivity contribution in [1.29, 1.82) is 0 Å². The fourth-order valence-corrected chi connectivity index (χ4v) is 1.45. The van der Waals surface area contributed by atoms with Gasteiger partial charge in [-0.1, -0.05) is 0 Å². The molecule has 0 saturated heterocycles. The zero-order valence-electron chi connectivity index (χ0n) is 7.92. The van der Waals surface area contributed by atoms with Crippen molar-refractivity contribution in [2.24, 2.45) is 0 Å². The summed E-state index contributed by atoms with van der Waals surface area (Å²) in [4.78, 5) is 14.5. The lowest BCUT2D eigenvalue weighted by atomic mass is 10.3. The molecule has 2 aromatic heterocycles. The maximum Gasteiger partial charge on any atom is 0.303 e. The van der Waals surface area contributed by atoms with E-state index in [0.717, 1.165) is 5.52 Å². The van der Waals surface area contributed by atoms with Crippen LogP contribution in [0.4, 0.5) is 0 Å². The van der Waals surface area contributed by atoms with Crippen molar-refractivity contribution < 1.29 is 15.0 Å². The number of rotatable bonds is 3. The van der Waals surface area contributed by atoms with Crippen LogP contribution in [0.1, 0.15) is 12.2 Å². The van der Waals surface area contributed by atoms with Crippen LogP contribution in [0, 0.1) is 0 Å². The zero-order valence-corrected chi connectivity index (χ0v) is 7.92. The molecule has 0 aliphatic carbocycles. The summed E-state index contributed by atoms with van der Waals surface area (Å²) in [5, 5.41) is 17.8. The maximum absolute atomic E-state index is 10.4. The summed E-state index contributed by atoms with van der Waals surface area (Å²) in [5.74, 6) is 0.0186. The molecule has 5 nitrogen and oxygen atoms in total. The van der Waals surface area contributed by atoms with Crippen LogP contribution in [-0.2, 0) is 11.2 Å². The average molecular weight is 206 g/mol. The number of carbonyl (C=O) groups is 1. The number of aliphatic carboxylic acids is 1. The van der Waals surface area contributed by atoms with Gasteiger partial charge in [0.05, 0.1) is 18.1 Å². The van der Waals surface area contributed by atoms with E-state index >= 15 is 0 Å². The molecule has 5 heteroatoms. The standard InChI is InChI=1S/C10H10N2O3/c13-8-3-4-12-7(5-8)6-11-9(12)1-2-10(14)15/h3-6,13H,1-2H2,(H,14,15). The molecule has 0 saturated carbocycles. The van der Waals surface area contributed by atoms with E-state index < -0.39 is 5.97 Å². The van der Waals surface area contributed by atoms with E-state index in [2.05, 4.69) is 4.98 Å². The third kappa shape index (κ3) is 1.90. The van der Waals surface area contributed by atoms with Crippen LogP contribution in [0.5, 0.6) is 5.75 Å². The number of hydrogen-bond donors (Lipinski definition) is 2. The van der Waals surface area contributed by atoms with Gasteiger partial charge in [-0.15, -0.1) is 0 Å². The lowest BCUT2D eigenvalue weighted by Crippen LogP contribution is -2.01. The van der Waals surface area contributed by atoms with E-state index in [-0.39, 0.29) is 12.2 Å². The zero-order chi connectivity index (χ0) is 10.8. The van der Waals surface area contributed by atoms with Crippen LogP contribution in [0.15, 0.2) is 24.5 Å². The van der Waals surface area contributed by atoms with Gasteiger partial charge >= 0.3 is 5.97 Å². The van der Waals surface area contributed by atoms with Crippen molar-refractivity contribution in [1.82, 2.24) is 9.38 Å². The van der Waals surface area contributed by atoms with Crippen LogP contribution in [0.2, 0.25) is 0 Å². The second-order valence-electron chi connectivity index (χ2n) is 3.25. The van der Waals surface area contributed by atoms with Gasteiger partial charge in [-0.25, -0.2) is 4.98 Å². The fraction of sp³-hybridized carbons (Fsp3) is 0.200. The number of imidazole rings is 1. The fourth-order valence-electron chi connectivity index (χ4n) is 1.45.